The van der Waals surface area contributed by atoms with Gasteiger partial charge in [0.05, 0.1) is 33.1 Å². The van der Waals surface area contributed by atoms with E-state index in [9.17, 15) is 0 Å². The Balaban J connectivity index is 0.000000155. The van der Waals surface area contributed by atoms with Gasteiger partial charge in [0, 0.05) is 8.95 Å². The average Bonchev–Trinajstić information content (AvgIpc) is 2.95. The molecule has 9 heteroatoms. The predicted octanol–water partition coefficient (Wildman–Crippen LogP) is 5.37. The number of halogens is 4. The monoisotopic (exact) mass is 468 g/mol. The average molecular weight is 471 g/mol. The SMILES string of the molecule is Clc1c(Br)ccc2nsnc12.Nc1ccc(Br)c(Cl)c1N. The van der Waals surface area contributed by atoms with Gasteiger partial charge in [-0.25, -0.2) is 0 Å². The summed E-state index contributed by atoms with van der Waals surface area (Å²) in [7, 11) is 0. The fraction of sp³-hybridized carbons (Fsp3) is 0. The molecular formula is C12H8Br2Cl2N4S. The number of hydrogen-bond acceptors (Lipinski definition) is 5. The number of fused-ring (bicyclic) bond motifs is 1. The molecule has 1 aromatic heterocycles. The van der Waals surface area contributed by atoms with Crippen molar-refractivity contribution in [3.8, 4) is 0 Å². The molecule has 4 nitrogen and oxygen atoms in total. The van der Waals surface area contributed by atoms with Gasteiger partial charge >= 0.3 is 0 Å². The van der Waals surface area contributed by atoms with Crippen molar-refractivity contribution >= 4 is 89.2 Å². The summed E-state index contributed by atoms with van der Waals surface area (Å²) in [6.45, 7) is 0. The maximum Gasteiger partial charge on any atom is 0.124 e. The molecule has 0 aliphatic rings. The van der Waals surface area contributed by atoms with Crippen LogP contribution in [-0.2, 0) is 0 Å². The van der Waals surface area contributed by atoms with Crippen LogP contribution in [0.1, 0.15) is 0 Å². The maximum atomic E-state index is 5.92. The van der Waals surface area contributed by atoms with Crippen molar-refractivity contribution in [3.05, 3.63) is 43.3 Å². The fourth-order valence-electron chi connectivity index (χ4n) is 1.38. The zero-order valence-corrected chi connectivity index (χ0v) is 15.8. The van der Waals surface area contributed by atoms with Crippen molar-refractivity contribution in [2.24, 2.45) is 0 Å². The van der Waals surface area contributed by atoms with Gasteiger partial charge in [-0.2, -0.15) is 8.75 Å². The molecule has 21 heavy (non-hydrogen) atoms. The van der Waals surface area contributed by atoms with Crippen LogP contribution in [0, 0.1) is 0 Å². The smallest absolute Gasteiger partial charge is 0.124 e. The predicted molar refractivity (Wildman–Crippen MR) is 98.1 cm³/mol. The van der Waals surface area contributed by atoms with Crippen LogP contribution in [0.2, 0.25) is 10.0 Å². The second kappa shape index (κ2) is 7.11. The molecule has 0 bridgehead atoms. The summed E-state index contributed by atoms with van der Waals surface area (Å²) in [6, 6.07) is 7.21. The Hall–Kier alpha value is -0.600. The first-order valence-electron chi connectivity index (χ1n) is 5.47. The van der Waals surface area contributed by atoms with Crippen LogP contribution in [0.4, 0.5) is 11.4 Å². The minimum Gasteiger partial charge on any atom is -0.397 e. The Morgan fingerprint density at radius 2 is 1.52 bits per heavy atom. The van der Waals surface area contributed by atoms with Crippen molar-refractivity contribution in [2.45, 2.75) is 0 Å². The number of benzene rings is 2. The number of aromatic nitrogens is 2. The van der Waals surface area contributed by atoms with Gasteiger partial charge in [0.15, 0.2) is 0 Å². The number of nitrogens with zero attached hydrogens (tertiary/aromatic N) is 2. The highest BCUT2D eigenvalue weighted by atomic mass is 79.9. The van der Waals surface area contributed by atoms with E-state index in [2.05, 4.69) is 40.6 Å². The maximum absolute atomic E-state index is 5.92. The van der Waals surface area contributed by atoms with E-state index < -0.39 is 0 Å². The second-order valence-electron chi connectivity index (χ2n) is 3.86. The highest BCUT2D eigenvalue weighted by Crippen LogP contribution is 2.32. The molecule has 0 spiro atoms. The lowest BCUT2D eigenvalue weighted by Crippen LogP contribution is -1.94. The third-order valence-electron chi connectivity index (χ3n) is 2.49. The lowest BCUT2D eigenvalue weighted by molar-refractivity contribution is 1.61. The second-order valence-corrected chi connectivity index (χ2v) is 6.85. The van der Waals surface area contributed by atoms with Crippen LogP contribution < -0.4 is 11.5 Å². The van der Waals surface area contributed by atoms with Crippen LogP contribution in [-0.4, -0.2) is 8.75 Å². The molecule has 0 saturated carbocycles. The van der Waals surface area contributed by atoms with Crippen molar-refractivity contribution in [2.75, 3.05) is 11.5 Å². The molecule has 0 amide bonds. The Labute approximate surface area is 152 Å². The molecule has 0 unspecified atom stereocenters. The molecule has 0 aliphatic heterocycles. The molecule has 0 saturated heterocycles. The number of nitrogen functional groups attached to an aromatic ring is 2. The summed E-state index contributed by atoms with van der Waals surface area (Å²) in [5.74, 6) is 0. The van der Waals surface area contributed by atoms with E-state index in [-0.39, 0.29) is 0 Å². The Kier molecular flexibility index (Phi) is 5.67. The molecule has 3 aromatic rings. The van der Waals surface area contributed by atoms with Crippen LogP contribution in [0.15, 0.2) is 33.2 Å². The van der Waals surface area contributed by atoms with Gasteiger partial charge in [-0.05, 0) is 56.1 Å². The number of anilines is 2. The molecular weight excluding hydrogens is 463 g/mol. The summed E-state index contributed by atoms with van der Waals surface area (Å²) < 4.78 is 9.72. The van der Waals surface area contributed by atoms with E-state index in [1.54, 1.807) is 12.1 Å². The minimum absolute atomic E-state index is 0.427. The first-order valence-corrected chi connectivity index (χ1v) is 8.54. The van der Waals surface area contributed by atoms with Crippen LogP contribution in [0.25, 0.3) is 11.0 Å². The van der Waals surface area contributed by atoms with Crippen LogP contribution in [0.3, 0.4) is 0 Å². The Morgan fingerprint density at radius 3 is 2.19 bits per heavy atom. The standard InChI is InChI=1S/C6H2BrClN2S.C6H6BrClN2/c7-3-1-2-4-6(5(3)8)10-11-9-4;7-3-1-2-4(9)6(10)5(3)8/h1-2H;1-2H,9-10H2. The molecule has 110 valence electrons. The van der Waals surface area contributed by atoms with E-state index in [4.69, 9.17) is 34.7 Å². The third-order valence-corrected chi connectivity index (χ3v) is 5.60. The highest BCUT2D eigenvalue weighted by molar-refractivity contribution is 9.10. The Morgan fingerprint density at radius 1 is 0.905 bits per heavy atom. The van der Waals surface area contributed by atoms with E-state index >= 15 is 0 Å². The van der Waals surface area contributed by atoms with Gasteiger partial charge in [-0.1, -0.05) is 23.2 Å². The molecule has 2 aromatic carbocycles. The number of rotatable bonds is 0. The Bertz CT molecular complexity index is 767. The van der Waals surface area contributed by atoms with Gasteiger partial charge in [0.25, 0.3) is 0 Å². The van der Waals surface area contributed by atoms with Gasteiger partial charge in [0.2, 0.25) is 0 Å². The van der Waals surface area contributed by atoms with Gasteiger partial charge in [-0.3, -0.25) is 0 Å². The molecule has 0 aliphatic carbocycles. The lowest BCUT2D eigenvalue weighted by Gasteiger charge is -2.02. The quantitative estimate of drug-likeness (QED) is 0.433. The minimum atomic E-state index is 0.427. The van der Waals surface area contributed by atoms with E-state index in [0.717, 1.165) is 20.0 Å². The molecule has 0 radical (unpaired) electrons. The topological polar surface area (TPSA) is 77.8 Å². The van der Waals surface area contributed by atoms with Crippen molar-refractivity contribution in [3.63, 3.8) is 0 Å². The first kappa shape index (κ1) is 16.8. The van der Waals surface area contributed by atoms with Gasteiger partial charge in [0.1, 0.15) is 11.0 Å². The molecule has 4 N–H and O–H groups in total. The molecule has 0 atom stereocenters. The highest BCUT2D eigenvalue weighted by Gasteiger charge is 2.05. The summed E-state index contributed by atoms with van der Waals surface area (Å²) in [5.41, 5.74) is 13.5. The zero-order valence-electron chi connectivity index (χ0n) is 10.3. The summed E-state index contributed by atoms with van der Waals surface area (Å²) in [6.07, 6.45) is 0. The van der Waals surface area contributed by atoms with Gasteiger partial charge < -0.3 is 11.5 Å². The summed E-state index contributed by atoms with van der Waals surface area (Å²) in [4.78, 5) is 0. The van der Waals surface area contributed by atoms with Crippen molar-refractivity contribution < 1.29 is 0 Å². The molecule has 3 rings (SSSR count). The summed E-state index contributed by atoms with van der Waals surface area (Å²) in [5, 5.41) is 1.11. The van der Waals surface area contributed by atoms with Crippen molar-refractivity contribution in [1.82, 2.24) is 8.75 Å². The van der Waals surface area contributed by atoms with Gasteiger partial charge in [-0.15, -0.1) is 0 Å². The number of nitrogens with two attached hydrogens (primary N) is 2. The lowest BCUT2D eigenvalue weighted by atomic mass is 10.3. The van der Waals surface area contributed by atoms with E-state index in [1.165, 1.54) is 11.7 Å². The zero-order chi connectivity index (χ0) is 15.6. The van der Waals surface area contributed by atoms with Crippen LogP contribution in [0.5, 0.6) is 0 Å². The number of hydrogen-bond donors (Lipinski definition) is 2. The van der Waals surface area contributed by atoms with Crippen LogP contribution >= 0.6 is 66.8 Å². The summed E-state index contributed by atoms with van der Waals surface area (Å²) >= 11 is 19.3. The van der Waals surface area contributed by atoms with E-state index in [0.29, 0.717) is 21.4 Å². The molecule has 0 fully saturated rings. The molecule has 1 heterocycles. The largest absolute Gasteiger partial charge is 0.397 e. The fourth-order valence-corrected chi connectivity index (χ4v) is 3.01. The normalized spacial score (nSPS) is 10.3. The third kappa shape index (κ3) is 3.78. The van der Waals surface area contributed by atoms with E-state index in [1.807, 2.05) is 12.1 Å². The first-order chi connectivity index (χ1) is 9.91. The van der Waals surface area contributed by atoms with Crippen molar-refractivity contribution in [1.29, 1.82) is 0 Å².